The molecule has 0 amide bonds. The Morgan fingerprint density at radius 3 is 2.28 bits per heavy atom. The number of pyridine rings is 1. The highest BCUT2D eigenvalue weighted by Gasteiger charge is 2.19. The van der Waals surface area contributed by atoms with Crippen LogP contribution in [-0.2, 0) is 13.1 Å². The van der Waals surface area contributed by atoms with E-state index in [0.29, 0.717) is 0 Å². The second kappa shape index (κ2) is 4.42. The van der Waals surface area contributed by atoms with Crippen molar-refractivity contribution in [1.29, 1.82) is 0 Å². The minimum atomic E-state index is -0.456. The van der Waals surface area contributed by atoms with Gasteiger partial charge >= 0.3 is 0 Å². The maximum atomic E-state index is 9.47. The van der Waals surface area contributed by atoms with Crippen LogP contribution in [0.1, 0.15) is 29.7 Å². The number of nitrogens with zero attached hydrogens (tertiary/aromatic N) is 2. The minimum Gasteiger partial charge on any atom is -0.389 e. The van der Waals surface area contributed by atoms with Gasteiger partial charge in [-0.1, -0.05) is 30.3 Å². The molecule has 2 heterocycles. The van der Waals surface area contributed by atoms with Crippen molar-refractivity contribution in [3.05, 3.63) is 59.3 Å². The van der Waals surface area contributed by atoms with E-state index in [4.69, 9.17) is 0 Å². The summed E-state index contributed by atoms with van der Waals surface area (Å²) in [5.74, 6) is 0.968. The molecule has 1 aliphatic heterocycles. The van der Waals surface area contributed by atoms with E-state index in [0.717, 1.165) is 24.5 Å². The number of anilines is 1. The van der Waals surface area contributed by atoms with Crippen LogP contribution in [0.25, 0.3) is 0 Å². The molecule has 1 N–H and O–H groups in total. The molecule has 1 unspecified atom stereocenters. The van der Waals surface area contributed by atoms with Crippen molar-refractivity contribution in [2.75, 3.05) is 4.90 Å². The summed E-state index contributed by atoms with van der Waals surface area (Å²) < 4.78 is 0. The summed E-state index contributed by atoms with van der Waals surface area (Å²) in [7, 11) is 0. The van der Waals surface area contributed by atoms with Crippen LogP contribution >= 0.6 is 0 Å². The van der Waals surface area contributed by atoms with Crippen LogP contribution in [0.4, 0.5) is 5.82 Å². The Bertz CT molecular complexity index is 524. The third kappa shape index (κ3) is 1.97. The van der Waals surface area contributed by atoms with Crippen LogP contribution in [0.2, 0.25) is 0 Å². The first-order valence-electron chi connectivity index (χ1n) is 6.20. The van der Waals surface area contributed by atoms with Gasteiger partial charge in [-0.3, -0.25) is 0 Å². The van der Waals surface area contributed by atoms with Gasteiger partial charge < -0.3 is 10.0 Å². The third-order valence-corrected chi connectivity index (χ3v) is 3.42. The lowest BCUT2D eigenvalue weighted by Crippen LogP contribution is -2.15. The molecule has 1 aliphatic rings. The van der Waals surface area contributed by atoms with E-state index in [9.17, 15) is 5.11 Å². The predicted molar refractivity (Wildman–Crippen MR) is 71.2 cm³/mol. The molecule has 92 valence electrons. The Balaban J connectivity index is 1.82. The maximum absolute atomic E-state index is 9.47. The average Bonchev–Trinajstić information content (AvgIpc) is 2.82. The van der Waals surface area contributed by atoms with Gasteiger partial charge in [0.1, 0.15) is 5.82 Å². The number of aliphatic hydroxyl groups excluding tert-OH is 1. The van der Waals surface area contributed by atoms with Crippen LogP contribution in [0, 0.1) is 0 Å². The molecule has 0 aliphatic carbocycles. The molecule has 0 bridgehead atoms. The summed E-state index contributed by atoms with van der Waals surface area (Å²) in [6, 6.07) is 12.4. The molecule has 0 spiro atoms. The number of hydrogen-bond acceptors (Lipinski definition) is 3. The number of benzene rings is 1. The number of hydrogen-bond donors (Lipinski definition) is 1. The van der Waals surface area contributed by atoms with Gasteiger partial charge in [-0.05, 0) is 29.7 Å². The van der Waals surface area contributed by atoms with Crippen molar-refractivity contribution in [2.45, 2.75) is 26.1 Å². The van der Waals surface area contributed by atoms with Crippen molar-refractivity contribution in [2.24, 2.45) is 0 Å². The fraction of sp³-hybridized carbons (Fsp3) is 0.267. The summed E-state index contributed by atoms with van der Waals surface area (Å²) >= 11 is 0. The van der Waals surface area contributed by atoms with Crippen LogP contribution in [0.15, 0.2) is 42.6 Å². The molecule has 0 radical (unpaired) electrons. The molecular weight excluding hydrogens is 224 g/mol. The number of rotatable bonds is 2. The lowest BCUT2D eigenvalue weighted by atomic mass is 10.1. The Morgan fingerprint density at radius 1 is 1.11 bits per heavy atom. The largest absolute Gasteiger partial charge is 0.389 e. The molecule has 1 aromatic carbocycles. The van der Waals surface area contributed by atoms with Gasteiger partial charge in [0, 0.05) is 19.3 Å². The van der Waals surface area contributed by atoms with Crippen molar-refractivity contribution >= 4 is 5.82 Å². The molecule has 1 atom stereocenters. The second-order valence-electron chi connectivity index (χ2n) is 4.75. The quantitative estimate of drug-likeness (QED) is 0.876. The van der Waals surface area contributed by atoms with E-state index in [1.807, 2.05) is 12.1 Å². The zero-order chi connectivity index (χ0) is 12.5. The highest BCUT2D eigenvalue weighted by atomic mass is 16.3. The normalized spacial score (nSPS) is 15.6. The van der Waals surface area contributed by atoms with Crippen molar-refractivity contribution in [1.82, 2.24) is 4.98 Å². The predicted octanol–water partition coefficient (Wildman–Crippen LogP) is 2.66. The number of aliphatic hydroxyl groups is 1. The first-order chi connectivity index (χ1) is 8.74. The van der Waals surface area contributed by atoms with Crippen LogP contribution < -0.4 is 4.90 Å². The van der Waals surface area contributed by atoms with Gasteiger partial charge in [0.05, 0.1) is 6.10 Å². The fourth-order valence-corrected chi connectivity index (χ4v) is 2.33. The molecule has 0 fully saturated rings. The first kappa shape index (κ1) is 11.2. The van der Waals surface area contributed by atoms with Gasteiger partial charge in [-0.15, -0.1) is 0 Å². The monoisotopic (exact) mass is 240 g/mol. The average molecular weight is 240 g/mol. The van der Waals surface area contributed by atoms with E-state index in [-0.39, 0.29) is 0 Å². The third-order valence-electron chi connectivity index (χ3n) is 3.42. The molecule has 18 heavy (non-hydrogen) atoms. The Morgan fingerprint density at radius 2 is 1.78 bits per heavy atom. The van der Waals surface area contributed by atoms with E-state index < -0.39 is 6.10 Å². The summed E-state index contributed by atoms with van der Waals surface area (Å²) in [6.45, 7) is 3.58. The lowest BCUT2D eigenvalue weighted by Gasteiger charge is -2.17. The van der Waals surface area contributed by atoms with Crippen molar-refractivity contribution < 1.29 is 5.11 Å². The lowest BCUT2D eigenvalue weighted by molar-refractivity contribution is 0.199. The Kier molecular flexibility index (Phi) is 2.76. The zero-order valence-corrected chi connectivity index (χ0v) is 10.4. The topological polar surface area (TPSA) is 36.4 Å². The molecule has 3 nitrogen and oxygen atoms in total. The summed E-state index contributed by atoms with van der Waals surface area (Å²) in [5, 5.41) is 9.47. The zero-order valence-electron chi connectivity index (χ0n) is 10.4. The SMILES string of the molecule is CC(O)c1ccc(N2Cc3ccccc3C2)nc1. The Hall–Kier alpha value is -1.87. The van der Waals surface area contributed by atoms with Crippen LogP contribution in [0.3, 0.4) is 0 Å². The molecule has 1 aromatic heterocycles. The van der Waals surface area contributed by atoms with Gasteiger partial charge in [0.2, 0.25) is 0 Å². The fourth-order valence-electron chi connectivity index (χ4n) is 2.33. The molecule has 2 aromatic rings. The van der Waals surface area contributed by atoms with Crippen LogP contribution in [0.5, 0.6) is 0 Å². The Labute approximate surface area is 107 Å². The molecule has 3 rings (SSSR count). The summed E-state index contributed by atoms with van der Waals surface area (Å²) in [4.78, 5) is 6.68. The van der Waals surface area contributed by atoms with Gasteiger partial charge in [-0.2, -0.15) is 0 Å². The van der Waals surface area contributed by atoms with Gasteiger partial charge in [0.25, 0.3) is 0 Å². The molecular formula is C15H16N2O. The highest BCUT2D eigenvalue weighted by Crippen LogP contribution is 2.27. The molecule has 0 saturated heterocycles. The van der Waals surface area contributed by atoms with Crippen molar-refractivity contribution in [3.63, 3.8) is 0 Å². The van der Waals surface area contributed by atoms with E-state index in [1.165, 1.54) is 11.1 Å². The summed E-state index contributed by atoms with van der Waals surface area (Å²) in [5.41, 5.74) is 3.60. The van der Waals surface area contributed by atoms with Gasteiger partial charge in [-0.25, -0.2) is 4.98 Å². The van der Waals surface area contributed by atoms with E-state index in [2.05, 4.69) is 34.1 Å². The van der Waals surface area contributed by atoms with Crippen LogP contribution in [-0.4, -0.2) is 10.1 Å². The molecule has 0 saturated carbocycles. The minimum absolute atomic E-state index is 0.456. The highest BCUT2D eigenvalue weighted by molar-refractivity contribution is 5.47. The number of fused-ring (bicyclic) bond motifs is 1. The second-order valence-corrected chi connectivity index (χ2v) is 4.75. The van der Waals surface area contributed by atoms with E-state index >= 15 is 0 Å². The summed E-state index contributed by atoms with van der Waals surface area (Å²) in [6.07, 6.45) is 1.30. The maximum Gasteiger partial charge on any atom is 0.129 e. The standard InChI is InChI=1S/C15H16N2O/c1-11(18)12-6-7-15(16-8-12)17-9-13-4-2-3-5-14(13)10-17/h2-8,11,18H,9-10H2,1H3. The van der Waals surface area contributed by atoms with Gasteiger partial charge in [0.15, 0.2) is 0 Å². The molecule has 3 heteroatoms. The first-order valence-corrected chi connectivity index (χ1v) is 6.20. The smallest absolute Gasteiger partial charge is 0.129 e. The number of aromatic nitrogens is 1. The van der Waals surface area contributed by atoms with E-state index in [1.54, 1.807) is 13.1 Å². The van der Waals surface area contributed by atoms with Crippen molar-refractivity contribution in [3.8, 4) is 0 Å².